The minimum absolute atomic E-state index is 0.0184. The van der Waals surface area contributed by atoms with E-state index in [9.17, 15) is 18.0 Å². The summed E-state index contributed by atoms with van der Waals surface area (Å²) in [5, 5.41) is 0. The molecule has 1 N–H and O–H groups in total. The molecule has 0 bridgehead atoms. The van der Waals surface area contributed by atoms with Gasteiger partial charge in [-0.3, -0.25) is 14.5 Å². The van der Waals surface area contributed by atoms with Gasteiger partial charge in [-0.2, -0.15) is 8.78 Å². The maximum atomic E-state index is 13.4. The number of H-pyrrole nitrogens is 1. The lowest BCUT2D eigenvalue weighted by Crippen LogP contribution is -2.17. The number of nitrogens with zero attached hydrogens (tertiary/aromatic N) is 3. The van der Waals surface area contributed by atoms with Crippen LogP contribution in [0.1, 0.15) is 5.56 Å². The number of hydrogen-bond acceptors (Lipinski definition) is 4. The second-order valence-corrected chi connectivity index (χ2v) is 6.03. The summed E-state index contributed by atoms with van der Waals surface area (Å²) >= 11 is 0. The van der Waals surface area contributed by atoms with Crippen molar-refractivity contribution in [2.75, 3.05) is 0 Å². The number of fused-ring (bicyclic) bond motifs is 1. The smallest absolute Gasteiger partial charge is 0.387 e. The van der Waals surface area contributed by atoms with Crippen molar-refractivity contribution in [1.29, 1.82) is 0 Å². The highest BCUT2D eigenvalue weighted by molar-refractivity contribution is 5.78. The van der Waals surface area contributed by atoms with E-state index >= 15 is 0 Å². The molecule has 28 heavy (non-hydrogen) atoms. The molecule has 4 aromatic rings. The number of hydrogen-bond donors (Lipinski definition) is 1. The summed E-state index contributed by atoms with van der Waals surface area (Å²) in [7, 11) is 0. The summed E-state index contributed by atoms with van der Waals surface area (Å²) in [5.74, 6) is -0.482. The van der Waals surface area contributed by atoms with E-state index in [1.54, 1.807) is 18.2 Å². The maximum absolute atomic E-state index is 13.4. The lowest BCUT2D eigenvalue weighted by atomic mass is 10.1. The summed E-state index contributed by atoms with van der Waals surface area (Å²) in [5.41, 5.74) is 2.17. The zero-order valence-corrected chi connectivity index (χ0v) is 14.3. The van der Waals surface area contributed by atoms with Crippen LogP contribution < -0.4 is 10.4 Å². The average molecular weight is 386 g/mol. The Balaban J connectivity index is 1.75. The number of alkyl halides is 2. The van der Waals surface area contributed by atoms with Crippen molar-refractivity contribution >= 4 is 11.2 Å². The third-order valence-corrected chi connectivity index (χ3v) is 4.12. The van der Waals surface area contributed by atoms with Crippen molar-refractivity contribution in [3.8, 4) is 16.9 Å². The molecule has 0 aliphatic heterocycles. The van der Waals surface area contributed by atoms with Gasteiger partial charge in [0.25, 0.3) is 0 Å². The minimum atomic E-state index is -2.93. The molecule has 142 valence electrons. The van der Waals surface area contributed by atoms with E-state index in [0.717, 1.165) is 6.20 Å². The quantitative estimate of drug-likeness (QED) is 0.569. The van der Waals surface area contributed by atoms with Gasteiger partial charge in [-0.05, 0) is 35.4 Å². The van der Waals surface area contributed by atoms with Gasteiger partial charge in [-0.1, -0.05) is 12.1 Å². The molecule has 0 amide bonds. The molecule has 6 nitrogen and oxygen atoms in total. The molecule has 0 fully saturated rings. The van der Waals surface area contributed by atoms with Gasteiger partial charge in [-0.25, -0.2) is 14.2 Å². The van der Waals surface area contributed by atoms with E-state index in [2.05, 4.69) is 19.7 Å². The summed E-state index contributed by atoms with van der Waals surface area (Å²) in [6.45, 7) is -2.82. The van der Waals surface area contributed by atoms with Crippen molar-refractivity contribution < 1.29 is 17.9 Å². The van der Waals surface area contributed by atoms with Crippen LogP contribution in [-0.2, 0) is 6.54 Å². The second kappa shape index (κ2) is 7.18. The topological polar surface area (TPSA) is 72.8 Å². The van der Waals surface area contributed by atoms with Gasteiger partial charge < -0.3 is 4.74 Å². The van der Waals surface area contributed by atoms with Crippen LogP contribution in [0.2, 0.25) is 0 Å². The van der Waals surface area contributed by atoms with Crippen molar-refractivity contribution in [3.05, 3.63) is 76.9 Å². The highest BCUT2D eigenvalue weighted by Crippen LogP contribution is 2.26. The maximum Gasteiger partial charge on any atom is 0.387 e. The number of nitrogens with one attached hydrogen (secondary N) is 1. The molecular weight excluding hydrogens is 373 g/mol. The molecule has 9 heteroatoms. The molecule has 0 unspecified atom stereocenters. The minimum Gasteiger partial charge on any atom is -0.435 e. The number of pyridine rings is 2. The van der Waals surface area contributed by atoms with Crippen molar-refractivity contribution in [2.24, 2.45) is 0 Å². The molecule has 0 atom stereocenters. The molecule has 0 spiro atoms. The lowest BCUT2D eigenvalue weighted by molar-refractivity contribution is -0.0498. The Morgan fingerprint density at radius 3 is 2.75 bits per heavy atom. The third kappa shape index (κ3) is 3.59. The molecule has 0 saturated heterocycles. The van der Waals surface area contributed by atoms with Crippen LogP contribution in [0.5, 0.6) is 5.75 Å². The van der Waals surface area contributed by atoms with E-state index in [-0.39, 0.29) is 12.3 Å². The van der Waals surface area contributed by atoms with Crippen molar-refractivity contribution in [3.63, 3.8) is 0 Å². The van der Waals surface area contributed by atoms with Crippen molar-refractivity contribution in [2.45, 2.75) is 13.2 Å². The SMILES string of the molecule is O=c1[nH]c2ncc(-c3cccc(OC(F)F)c3)cc2n1Cc1cncc(F)c1. The third-order valence-electron chi connectivity index (χ3n) is 4.12. The number of rotatable bonds is 5. The van der Waals surface area contributed by atoms with E-state index in [4.69, 9.17) is 0 Å². The molecule has 0 aliphatic rings. The number of halogens is 3. The Bertz CT molecular complexity index is 1200. The predicted molar refractivity (Wildman–Crippen MR) is 95.7 cm³/mol. The molecule has 1 aromatic carbocycles. The summed E-state index contributed by atoms with van der Waals surface area (Å²) in [6.07, 6.45) is 4.07. The van der Waals surface area contributed by atoms with Crippen LogP contribution in [0, 0.1) is 5.82 Å². The lowest BCUT2D eigenvalue weighted by Gasteiger charge is -2.08. The van der Waals surface area contributed by atoms with Gasteiger partial charge >= 0.3 is 12.3 Å². The van der Waals surface area contributed by atoms with Gasteiger partial charge in [0.2, 0.25) is 0 Å². The highest BCUT2D eigenvalue weighted by Gasteiger charge is 2.12. The van der Waals surface area contributed by atoms with E-state index in [1.807, 2.05) is 0 Å². The number of aromatic amines is 1. The van der Waals surface area contributed by atoms with Gasteiger partial charge in [0.1, 0.15) is 11.6 Å². The Morgan fingerprint density at radius 1 is 1.11 bits per heavy atom. The van der Waals surface area contributed by atoms with E-state index < -0.39 is 18.1 Å². The number of ether oxygens (including phenoxy) is 1. The Hall–Kier alpha value is -3.62. The zero-order valence-electron chi connectivity index (χ0n) is 14.3. The summed E-state index contributed by atoms with van der Waals surface area (Å²) in [4.78, 5) is 23.0. The van der Waals surface area contributed by atoms with E-state index in [0.29, 0.717) is 27.9 Å². The highest BCUT2D eigenvalue weighted by atomic mass is 19.3. The van der Waals surface area contributed by atoms with Crippen LogP contribution in [0.25, 0.3) is 22.3 Å². The molecule has 0 radical (unpaired) electrons. The molecule has 4 rings (SSSR count). The number of aromatic nitrogens is 4. The summed E-state index contributed by atoms with van der Waals surface area (Å²) < 4.78 is 44.1. The fraction of sp³-hybridized carbons (Fsp3) is 0.105. The predicted octanol–water partition coefficient (Wildman–Crippen LogP) is 3.58. The van der Waals surface area contributed by atoms with Gasteiger partial charge in [0, 0.05) is 18.0 Å². The monoisotopic (exact) mass is 386 g/mol. The van der Waals surface area contributed by atoms with Crippen LogP contribution >= 0.6 is 0 Å². The second-order valence-electron chi connectivity index (χ2n) is 6.03. The zero-order chi connectivity index (χ0) is 19.7. The van der Waals surface area contributed by atoms with E-state index in [1.165, 1.54) is 35.2 Å². The van der Waals surface area contributed by atoms with Gasteiger partial charge in [0.05, 0.1) is 18.3 Å². The Morgan fingerprint density at radius 2 is 1.96 bits per heavy atom. The molecule has 0 aliphatic carbocycles. The normalized spacial score (nSPS) is 11.3. The van der Waals surface area contributed by atoms with Crippen LogP contribution in [-0.4, -0.2) is 26.1 Å². The van der Waals surface area contributed by atoms with Crippen molar-refractivity contribution in [1.82, 2.24) is 19.5 Å². The Labute approximate surface area is 156 Å². The number of benzene rings is 1. The molecule has 3 heterocycles. The fourth-order valence-corrected chi connectivity index (χ4v) is 2.92. The summed E-state index contributed by atoms with van der Waals surface area (Å²) in [6, 6.07) is 9.17. The van der Waals surface area contributed by atoms with Crippen LogP contribution in [0.4, 0.5) is 13.2 Å². The van der Waals surface area contributed by atoms with Gasteiger partial charge in [0.15, 0.2) is 5.65 Å². The molecule has 0 saturated carbocycles. The van der Waals surface area contributed by atoms with Crippen LogP contribution in [0.3, 0.4) is 0 Å². The first-order chi connectivity index (χ1) is 13.5. The molecular formula is C19H13F3N4O2. The first-order valence-corrected chi connectivity index (χ1v) is 8.23. The Kier molecular flexibility index (Phi) is 4.56. The number of imidazole rings is 1. The standard InChI is InChI=1S/C19H13F3N4O2/c20-14-4-11(7-23-9-14)10-26-16-6-13(8-24-17(16)25-19(26)27)12-2-1-3-15(5-12)28-18(21)22/h1-9,18H,10H2,(H,24,25,27). The molecule has 3 aromatic heterocycles. The average Bonchev–Trinajstić information content (AvgIpc) is 2.96. The first-order valence-electron chi connectivity index (χ1n) is 8.23. The fourth-order valence-electron chi connectivity index (χ4n) is 2.92. The first kappa shape index (κ1) is 17.8. The van der Waals surface area contributed by atoms with Gasteiger partial charge in [-0.15, -0.1) is 0 Å². The largest absolute Gasteiger partial charge is 0.435 e. The van der Waals surface area contributed by atoms with Crippen LogP contribution in [0.15, 0.2) is 59.8 Å².